The Morgan fingerprint density at radius 2 is 1.85 bits per heavy atom. The van der Waals surface area contributed by atoms with E-state index in [1.54, 1.807) is 6.07 Å². The molecule has 1 aromatic rings. The van der Waals surface area contributed by atoms with Crippen molar-refractivity contribution in [2.45, 2.75) is 0 Å². The second-order valence-electron chi connectivity index (χ2n) is 2.24. The lowest BCUT2D eigenvalue weighted by Gasteiger charge is -2.03. The SMILES string of the molecule is CNC(=O)Oc1cc(Cl)cc(Cl)c1. The van der Waals surface area contributed by atoms with Gasteiger partial charge in [-0.05, 0) is 18.2 Å². The highest BCUT2D eigenvalue weighted by molar-refractivity contribution is 6.34. The summed E-state index contributed by atoms with van der Waals surface area (Å²) >= 11 is 11.4. The predicted molar refractivity (Wildman–Crippen MR) is 51.5 cm³/mol. The number of carbonyl (C=O) groups excluding carboxylic acids is 1. The zero-order valence-electron chi connectivity index (χ0n) is 6.80. The molecule has 0 aromatic heterocycles. The molecule has 0 atom stereocenters. The average molecular weight is 220 g/mol. The van der Waals surface area contributed by atoms with Gasteiger partial charge < -0.3 is 10.1 Å². The number of halogens is 2. The van der Waals surface area contributed by atoms with Crippen LogP contribution in [0.2, 0.25) is 10.0 Å². The Balaban J connectivity index is 2.83. The number of ether oxygens (including phenoxy) is 1. The van der Waals surface area contributed by atoms with Crippen LogP contribution in [0.4, 0.5) is 4.79 Å². The number of hydrogen-bond acceptors (Lipinski definition) is 2. The Morgan fingerprint density at radius 3 is 2.31 bits per heavy atom. The van der Waals surface area contributed by atoms with Crippen molar-refractivity contribution in [3.05, 3.63) is 28.2 Å². The first-order chi connectivity index (χ1) is 6.11. The molecule has 0 heterocycles. The molecule has 5 heteroatoms. The van der Waals surface area contributed by atoms with Gasteiger partial charge in [0.25, 0.3) is 0 Å². The summed E-state index contributed by atoms with van der Waals surface area (Å²) in [6, 6.07) is 4.56. The molecule has 0 radical (unpaired) electrons. The maximum Gasteiger partial charge on any atom is 0.412 e. The Labute approximate surface area is 85.6 Å². The molecule has 1 aromatic carbocycles. The summed E-state index contributed by atoms with van der Waals surface area (Å²) in [7, 11) is 1.47. The number of nitrogens with one attached hydrogen (secondary N) is 1. The summed E-state index contributed by atoms with van der Waals surface area (Å²) in [5.41, 5.74) is 0. The second-order valence-corrected chi connectivity index (χ2v) is 3.12. The first-order valence-corrected chi connectivity index (χ1v) is 4.23. The number of carbonyl (C=O) groups is 1. The summed E-state index contributed by atoms with van der Waals surface area (Å²) in [4.78, 5) is 10.8. The van der Waals surface area contributed by atoms with E-state index in [9.17, 15) is 4.79 Å². The van der Waals surface area contributed by atoms with Crippen LogP contribution in [0, 0.1) is 0 Å². The van der Waals surface area contributed by atoms with Crippen molar-refractivity contribution in [1.29, 1.82) is 0 Å². The summed E-state index contributed by atoms with van der Waals surface area (Å²) in [5, 5.41) is 3.15. The third kappa shape index (κ3) is 3.13. The molecule has 1 amide bonds. The lowest BCUT2D eigenvalue weighted by molar-refractivity contribution is 0.203. The van der Waals surface area contributed by atoms with E-state index in [1.807, 2.05) is 0 Å². The smallest absolute Gasteiger partial charge is 0.410 e. The molecule has 0 saturated heterocycles. The van der Waals surface area contributed by atoms with Gasteiger partial charge >= 0.3 is 6.09 Å². The van der Waals surface area contributed by atoms with Gasteiger partial charge in [-0.25, -0.2) is 4.79 Å². The summed E-state index contributed by atoms with van der Waals surface area (Å²) < 4.78 is 4.81. The minimum Gasteiger partial charge on any atom is -0.410 e. The number of amides is 1. The molecular weight excluding hydrogens is 213 g/mol. The molecule has 0 unspecified atom stereocenters. The molecule has 0 aliphatic carbocycles. The quantitative estimate of drug-likeness (QED) is 0.789. The van der Waals surface area contributed by atoms with Crippen molar-refractivity contribution < 1.29 is 9.53 Å². The van der Waals surface area contributed by atoms with Crippen LogP contribution < -0.4 is 10.1 Å². The van der Waals surface area contributed by atoms with E-state index >= 15 is 0 Å². The molecule has 70 valence electrons. The van der Waals surface area contributed by atoms with E-state index in [0.717, 1.165) is 0 Å². The van der Waals surface area contributed by atoms with E-state index in [4.69, 9.17) is 27.9 Å². The van der Waals surface area contributed by atoms with Crippen molar-refractivity contribution in [3.63, 3.8) is 0 Å². The molecule has 1 N–H and O–H groups in total. The maximum absolute atomic E-state index is 10.8. The zero-order chi connectivity index (χ0) is 9.84. The molecule has 0 spiro atoms. The highest BCUT2D eigenvalue weighted by Crippen LogP contribution is 2.23. The van der Waals surface area contributed by atoms with Gasteiger partial charge in [0.1, 0.15) is 5.75 Å². The van der Waals surface area contributed by atoms with Gasteiger partial charge in [-0.15, -0.1) is 0 Å². The van der Waals surface area contributed by atoms with Crippen LogP contribution in [0.25, 0.3) is 0 Å². The number of rotatable bonds is 1. The van der Waals surface area contributed by atoms with E-state index in [1.165, 1.54) is 19.2 Å². The standard InChI is InChI=1S/C8H7Cl2NO2/c1-11-8(12)13-7-3-5(9)2-6(10)4-7/h2-4H,1H3,(H,11,12). The first-order valence-electron chi connectivity index (χ1n) is 3.47. The van der Waals surface area contributed by atoms with Gasteiger partial charge in [0.05, 0.1) is 0 Å². The fourth-order valence-electron chi connectivity index (χ4n) is 0.746. The zero-order valence-corrected chi connectivity index (χ0v) is 8.32. The highest BCUT2D eigenvalue weighted by Gasteiger charge is 2.03. The molecule has 0 bridgehead atoms. The molecule has 0 aliphatic rings. The molecule has 1 rings (SSSR count). The molecule has 0 saturated carbocycles. The van der Waals surface area contributed by atoms with Crippen molar-refractivity contribution in [2.24, 2.45) is 0 Å². The largest absolute Gasteiger partial charge is 0.412 e. The van der Waals surface area contributed by atoms with Gasteiger partial charge in [-0.1, -0.05) is 23.2 Å². The summed E-state index contributed by atoms with van der Waals surface area (Å²) in [5.74, 6) is 0.317. The molecule has 0 aliphatic heterocycles. The highest BCUT2D eigenvalue weighted by atomic mass is 35.5. The van der Waals surface area contributed by atoms with Gasteiger partial charge in [-0.3, -0.25) is 0 Å². The van der Waals surface area contributed by atoms with Crippen LogP contribution in [0.5, 0.6) is 5.75 Å². The van der Waals surface area contributed by atoms with Gasteiger partial charge in [0.15, 0.2) is 0 Å². The Bertz CT molecular complexity index is 308. The van der Waals surface area contributed by atoms with Crippen LogP contribution in [0.3, 0.4) is 0 Å². The normalized spacial score (nSPS) is 9.46. The van der Waals surface area contributed by atoms with E-state index in [-0.39, 0.29) is 0 Å². The number of hydrogen-bond donors (Lipinski definition) is 1. The van der Waals surface area contributed by atoms with Crippen LogP contribution in [0.15, 0.2) is 18.2 Å². The second kappa shape index (κ2) is 4.35. The minimum absolute atomic E-state index is 0.317. The Kier molecular flexibility index (Phi) is 3.39. The van der Waals surface area contributed by atoms with Crippen LogP contribution >= 0.6 is 23.2 Å². The van der Waals surface area contributed by atoms with E-state index in [2.05, 4.69) is 5.32 Å². The van der Waals surface area contributed by atoms with Crippen molar-refractivity contribution in [1.82, 2.24) is 5.32 Å². The van der Waals surface area contributed by atoms with Crippen LogP contribution in [0.1, 0.15) is 0 Å². The Morgan fingerprint density at radius 1 is 1.31 bits per heavy atom. The maximum atomic E-state index is 10.8. The fraction of sp³-hybridized carbons (Fsp3) is 0.125. The Hall–Kier alpha value is -0.930. The monoisotopic (exact) mass is 219 g/mol. The van der Waals surface area contributed by atoms with E-state index < -0.39 is 6.09 Å². The average Bonchev–Trinajstić information content (AvgIpc) is 2.02. The van der Waals surface area contributed by atoms with Crippen LogP contribution in [-0.4, -0.2) is 13.1 Å². The first kappa shape index (κ1) is 10.2. The topological polar surface area (TPSA) is 38.3 Å². The van der Waals surface area contributed by atoms with Gasteiger partial charge in [0, 0.05) is 17.1 Å². The lowest BCUT2D eigenvalue weighted by atomic mass is 10.3. The van der Waals surface area contributed by atoms with Crippen LogP contribution in [-0.2, 0) is 0 Å². The molecule has 0 fully saturated rings. The van der Waals surface area contributed by atoms with Crippen molar-refractivity contribution in [3.8, 4) is 5.75 Å². The van der Waals surface area contributed by atoms with Gasteiger partial charge in [0.2, 0.25) is 0 Å². The van der Waals surface area contributed by atoms with Crippen molar-refractivity contribution in [2.75, 3.05) is 7.05 Å². The summed E-state index contributed by atoms with van der Waals surface area (Å²) in [6.07, 6.45) is -0.557. The lowest BCUT2D eigenvalue weighted by Crippen LogP contribution is -2.21. The number of benzene rings is 1. The predicted octanol–water partition coefficient (Wildman–Crippen LogP) is 2.71. The minimum atomic E-state index is -0.557. The summed E-state index contributed by atoms with van der Waals surface area (Å²) in [6.45, 7) is 0. The van der Waals surface area contributed by atoms with Gasteiger partial charge in [-0.2, -0.15) is 0 Å². The third-order valence-electron chi connectivity index (χ3n) is 1.25. The van der Waals surface area contributed by atoms with Crippen molar-refractivity contribution >= 4 is 29.3 Å². The molecule has 13 heavy (non-hydrogen) atoms. The third-order valence-corrected chi connectivity index (χ3v) is 1.69. The van der Waals surface area contributed by atoms with E-state index in [0.29, 0.717) is 15.8 Å². The molecule has 3 nitrogen and oxygen atoms in total. The fourth-order valence-corrected chi connectivity index (χ4v) is 1.25. The molecular formula is C8H7Cl2NO2.